The molecule has 1 heterocycles. The summed E-state index contributed by atoms with van der Waals surface area (Å²) in [5.74, 6) is 3.04. The van der Waals surface area contributed by atoms with Gasteiger partial charge in [0.2, 0.25) is 0 Å². The molecule has 0 saturated heterocycles. The molecule has 3 rings (SSSR count). The van der Waals surface area contributed by atoms with Crippen molar-refractivity contribution in [3.8, 4) is 0 Å². The molecule has 4 atom stereocenters. The van der Waals surface area contributed by atoms with Gasteiger partial charge in [-0.15, -0.1) is 0 Å². The number of aryl methyl sites for hydroxylation is 2. The van der Waals surface area contributed by atoms with Gasteiger partial charge in [-0.2, -0.15) is 0 Å². The molecule has 0 amide bonds. The van der Waals surface area contributed by atoms with Gasteiger partial charge in [0.25, 0.3) is 0 Å². The lowest BCUT2D eigenvalue weighted by molar-refractivity contribution is 0.239. The molecule has 2 aliphatic rings. The van der Waals surface area contributed by atoms with Crippen LogP contribution in [-0.2, 0) is 0 Å². The zero-order valence-corrected chi connectivity index (χ0v) is 10.7. The second-order valence-electron chi connectivity index (χ2n) is 6.07. The first-order valence-electron chi connectivity index (χ1n) is 6.81. The van der Waals surface area contributed by atoms with E-state index in [1.54, 1.807) is 0 Å². The van der Waals surface area contributed by atoms with Crippen LogP contribution in [0.3, 0.4) is 0 Å². The Morgan fingerprint density at radius 3 is 2.31 bits per heavy atom. The van der Waals surface area contributed by atoms with Gasteiger partial charge in [-0.1, -0.05) is 6.42 Å². The first kappa shape index (κ1) is 10.4. The minimum atomic E-state index is 0.713. The topological polar surface area (TPSA) is 4.93 Å². The molecule has 1 aromatic rings. The Labute approximate surface area is 98.9 Å². The van der Waals surface area contributed by atoms with Crippen LogP contribution in [0.1, 0.15) is 50.0 Å². The molecule has 2 aliphatic carbocycles. The zero-order valence-electron chi connectivity index (χ0n) is 10.7. The third kappa shape index (κ3) is 1.44. The van der Waals surface area contributed by atoms with E-state index < -0.39 is 0 Å². The van der Waals surface area contributed by atoms with Crippen molar-refractivity contribution in [3.63, 3.8) is 0 Å². The Hall–Kier alpha value is -0.720. The number of hydrogen-bond acceptors (Lipinski definition) is 0. The van der Waals surface area contributed by atoms with E-state index in [4.69, 9.17) is 0 Å². The summed E-state index contributed by atoms with van der Waals surface area (Å²) in [5.41, 5.74) is 2.88. The monoisotopic (exact) mass is 217 g/mol. The standard InChI is InChI=1S/C15H23N/c1-10-4-5-11(2)16(10)12(3)15-9-13-6-7-14(15)8-13/h4-5,12-15H,6-9H2,1-3H3/t12-,13+,14-,15+/m0/s1. The summed E-state index contributed by atoms with van der Waals surface area (Å²) in [5, 5.41) is 0. The third-order valence-electron chi connectivity index (χ3n) is 5.15. The van der Waals surface area contributed by atoms with Crippen molar-refractivity contribution in [2.75, 3.05) is 0 Å². The lowest BCUT2D eigenvalue weighted by Gasteiger charge is -2.31. The molecular weight excluding hydrogens is 194 g/mol. The molecule has 2 saturated carbocycles. The zero-order chi connectivity index (χ0) is 11.3. The average molecular weight is 217 g/mol. The van der Waals surface area contributed by atoms with E-state index in [-0.39, 0.29) is 0 Å². The van der Waals surface area contributed by atoms with E-state index in [0.29, 0.717) is 6.04 Å². The summed E-state index contributed by atoms with van der Waals surface area (Å²) in [6.45, 7) is 6.93. The molecule has 88 valence electrons. The van der Waals surface area contributed by atoms with Gasteiger partial charge in [0.05, 0.1) is 0 Å². The largest absolute Gasteiger partial charge is 0.346 e. The normalized spacial score (nSPS) is 34.6. The van der Waals surface area contributed by atoms with Gasteiger partial charge in [-0.05, 0) is 69.9 Å². The maximum Gasteiger partial charge on any atom is 0.0338 e. The van der Waals surface area contributed by atoms with Crippen LogP contribution < -0.4 is 0 Å². The van der Waals surface area contributed by atoms with Crippen molar-refractivity contribution in [1.29, 1.82) is 0 Å². The second-order valence-corrected chi connectivity index (χ2v) is 6.07. The Morgan fingerprint density at radius 1 is 1.12 bits per heavy atom. The van der Waals surface area contributed by atoms with Crippen LogP contribution in [0.25, 0.3) is 0 Å². The fourth-order valence-corrected chi connectivity index (χ4v) is 4.40. The fraction of sp³-hybridized carbons (Fsp3) is 0.733. The maximum absolute atomic E-state index is 2.56. The summed E-state index contributed by atoms with van der Waals surface area (Å²) in [4.78, 5) is 0. The summed E-state index contributed by atoms with van der Waals surface area (Å²) in [6.07, 6.45) is 6.02. The van der Waals surface area contributed by atoms with Crippen molar-refractivity contribution in [2.45, 2.75) is 52.5 Å². The Kier molecular flexibility index (Phi) is 2.38. The number of fused-ring (bicyclic) bond motifs is 2. The van der Waals surface area contributed by atoms with E-state index in [9.17, 15) is 0 Å². The quantitative estimate of drug-likeness (QED) is 0.703. The van der Waals surface area contributed by atoms with E-state index in [1.807, 2.05) is 0 Å². The summed E-state index contributed by atoms with van der Waals surface area (Å²) in [6, 6.07) is 5.24. The third-order valence-corrected chi connectivity index (χ3v) is 5.15. The summed E-state index contributed by atoms with van der Waals surface area (Å²) < 4.78 is 2.56. The van der Waals surface area contributed by atoms with E-state index >= 15 is 0 Å². The van der Waals surface area contributed by atoms with Gasteiger partial charge in [-0.3, -0.25) is 0 Å². The van der Waals surface area contributed by atoms with Crippen LogP contribution in [0.15, 0.2) is 12.1 Å². The van der Waals surface area contributed by atoms with E-state index in [2.05, 4.69) is 37.5 Å². The van der Waals surface area contributed by atoms with Crippen molar-refractivity contribution in [1.82, 2.24) is 4.57 Å². The number of nitrogens with zero attached hydrogens (tertiary/aromatic N) is 1. The number of rotatable bonds is 2. The highest BCUT2D eigenvalue weighted by atomic mass is 15.0. The first-order valence-corrected chi connectivity index (χ1v) is 6.81. The minimum absolute atomic E-state index is 0.713. The molecule has 0 radical (unpaired) electrons. The Bertz CT molecular complexity index is 371. The van der Waals surface area contributed by atoms with Gasteiger partial charge in [-0.25, -0.2) is 0 Å². The average Bonchev–Trinajstić information content (AvgIpc) is 2.93. The molecule has 16 heavy (non-hydrogen) atoms. The summed E-state index contributed by atoms with van der Waals surface area (Å²) >= 11 is 0. The van der Waals surface area contributed by atoms with Gasteiger partial charge in [0.15, 0.2) is 0 Å². The molecule has 2 bridgehead atoms. The lowest BCUT2D eigenvalue weighted by atomic mass is 9.83. The summed E-state index contributed by atoms with van der Waals surface area (Å²) in [7, 11) is 0. The molecule has 0 aliphatic heterocycles. The van der Waals surface area contributed by atoms with Crippen molar-refractivity contribution in [3.05, 3.63) is 23.5 Å². The van der Waals surface area contributed by atoms with Gasteiger partial charge in [0, 0.05) is 17.4 Å². The fourth-order valence-electron chi connectivity index (χ4n) is 4.40. The second kappa shape index (κ2) is 3.65. The maximum atomic E-state index is 2.56. The Morgan fingerprint density at radius 2 is 1.81 bits per heavy atom. The molecule has 0 unspecified atom stereocenters. The lowest BCUT2D eigenvalue weighted by Crippen LogP contribution is -2.23. The molecule has 2 fully saturated rings. The van der Waals surface area contributed by atoms with Crippen LogP contribution in [-0.4, -0.2) is 4.57 Å². The smallest absolute Gasteiger partial charge is 0.0338 e. The van der Waals surface area contributed by atoms with E-state index in [1.165, 1.54) is 37.1 Å². The minimum Gasteiger partial charge on any atom is -0.346 e. The SMILES string of the molecule is Cc1ccc(C)n1[C@@H](C)[C@H]1C[C@@H]2CC[C@H]1C2. The van der Waals surface area contributed by atoms with Gasteiger partial charge in [0.1, 0.15) is 0 Å². The molecule has 1 heteroatoms. The van der Waals surface area contributed by atoms with Gasteiger partial charge >= 0.3 is 0 Å². The first-order chi connectivity index (χ1) is 7.66. The Balaban J connectivity index is 1.85. The molecule has 0 aromatic carbocycles. The number of aromatic nitrogens is 1. The number of hydrogen-bond donors (Lipinski definition) is 0. The van der Waals surface area contributed by atoms with Crippen LogP contribution in [0.5, 0.6) is 0 Å². The van der Waals surface area contributed by atoms with Crippen LogP contribution in [0.2, 0.25) is 0 Å². The van der Waals surface area contributed by atoms with Crippen LogP contribution in [0, 0.1) is 31.6 Å². The molecule has 1 nitrogen and oxygen atoms in total. The molecule has 0 spiro atoms. The van der Waals surface area contributed by atoms with Crippen LogP contribution in [0.4, 0.5) is 0 Å². The predicted octanol–water partition coefficient (Wildman–Crippen LogP) is 4.10. The van der Waals surface area contributed by atoms with Crippen molar-refractivity contribution >= 4 is 0 Å². The van der Waals surface area contributed by atoms with E-state index in [0.717, 1.165) is 17.8 Å². The van der Waals surface area contributed by atoms with Crippen molar-refractivity contribution < 1.29 is 0 Å². The highest BCUT2D eigenvalue weighted by Crippen LogP contribution is 2.52. The molecule has 0 N–H and O–H groups in total. The predicted molar refractivity (Wildman–Crippen MR) is 67.6 cm³/mol. The highest BCUT2D eigenvalue weighted by Gasteiger charge is 2.42. The molecular formula is C15H23N. The highest BCUT2D eigenvalue weighted by molar-refractivity contribution is 5.15. The molecule has 1 aromatic heterocycles. The van der Waals surface area contributed by atoms with Crippen LogP contribution >= 0.6 is 0 Å². The van der Waals surface area contributed by atoms with Gasteiger partial charge < -0.3 is 4.57 Å². The van der Waals surface area contributed by atoms with Crippen molar-refractivity contribution in [2.24, 2.45) is 17.8 Å².